The topological polar surface area (TPSA) is 187 Å². The predicted octanol–water partition coefficient (Wildman–Crippen LogP) is 3.98. The number of carboxylic acids is 1. The summed E-state index contributed by atoms with van der Waals surface area (Å²) in [7, 11) is 0. The summed E-state index contributed by atoms with van der Waals surface area (Å²) < 4.78 is 35.2. The number of aliphatic hydroxyl groups is 3. The minimum absolute atomic E-state index is 0.0793. The van der Waals surface area contributed by atoms with Gasteiger partial charge in [0.15, 0.2) is 11.6 Å². The Labute approximate surface area is 349 Å². The molecule has 58 heavy (non-hydrogen) atoms. The van der Waals surface area contributed by atoms with Crippen molar-refractivity contribution in [3.05, 3.63) is 23.8 Å². The molecule has 0 aromatic heterocycles. The SMILES string of the molecule is C=C1CCCC2=NC[C@H](C)[C@@H](C)C[C@@]23CCC(C(O)CSCC([NH3+])C(=O)[O-])=C[C@@H]3[C@@H]2O[C@]3(C[C@H]4CCC[C@@]5(CC[C@@]6(O[C@@H](CC[C@@]6(C)O)C1)O5)O4)C[C@@H](C)[C@@H](O)[C@H]2O3. The van der Waals surface area contributed by atoms with E-state index in [1.165, 1.54) is 17.5 Å². The van der Waals surface area contributed by atoms with E-state index in [9.17, 15) is 25.2 Å². The molecule has 6 saturated heterocycles. The zero-order valence-corrected chi connectivity index (χ0v) is 36.1. The average molecular weight is 831 g/mol. The molecule has 6 N–H and O–H groups in total. The van der Waals surface area contributed by atoms with E-state index >= 15 is 0 Å². The molecule has 16 atom stereocenters. The number of hydrogen-bond donors (Lipinski definition) is 4. The van der Waals surface area contributed by atoms with Gasteiger partial charge in [-0.1, -0.05) is 39.0 Å². The minimum Gasteiger partial charge on any atom is -0.544 e. The van der Waals surface area contributed by atoms with Crippen molar-refractivity contribution >= 4 is 23.4 Å². The van der Waals surface area contributed by atoms with Gasteiger partial charge in [0.1, 0.15) is 17.7 Å². The van der Waals surface area contributed by atoms with E-state index in [4.69, 9.17) is 28.7 Å². The lowest BCUT2D eigenvalue weighted by Gasteiger charge is -2.50. The number of carbonyl (C=O) groups excluding carboxylic acids is 1. The van der Waals surface area contributed by atoms with Crippen LogP contribution in [0.2, 0.25) is 0 Å². The number of carbonyl (C=O) groups is 1. The Balaban J connectivity index is 1.18. The molecule has 8 aliphatic rings. The molecule has 0 amide bonds. The van der Waals surface area contributed by atoms with Gasteiger partial charge in [0, 0.05) is 61.4 Å². The third kappa shape index (κ3) is 8.05. The van der Waals surface area contributed by atoms with Gasteiger partial charge < -0.3 is 54.6 Å². The second-order valence-corrected chi connectivity index (χ2v) is 21.2. The van der Waals surface area contributed by atoms with E-state index in [0.29, 0.717) is 62.5 Å². The van der Waals surface area contributed by atoms with E-state index in [2.05, 4.69) is 39.2 Å². The molecule has 1 aliphatic carbocycles. The first-order valence-electron chi connectivity index (χ1n) is 22.5. The zero-order chi connectivity index (χ0) is 41.3. The van der Waals surface area contributed by atoms with Crippen molar-refractivity contribution in [1.82, 2.24) is 0 Å². The van der Waals surface area contributed by atoms with Gasteiger partial charge in [0.05, 0.1) is 42.2 Å². The number of hydrogen-bond acceptors (Lipinski definition) is 12. The third-order valence-electron chi connectivity index (χ3n) is 15.8. The van der Waals surface area contributed by atoms with Crippen LogP contribution in [-0.4, -0.2) is 111 Å². The molecule has 4 spiro atoms. The van der Waals surface area contributed by atoms with Gasteiger partial charge in [-0.2, -0.15) is 11.8 Å². The molecular formula is C45H70N2O10S. The van der Waals surface area contributed by atoms with Gasteiger partial charge >= 0.3 is 0 Å². The number of carboxylic acid groups (broad SMARTS) is 1. The fourth-order valence-electron chi connectivity index (χ4n) is 12.1. The van der Waals surface area contributed by atoms with Crippen molar-refractivity contribution in [1.29, 1.82) is 0 Å². The van der Waals surface area contributed by atoms with Gasteiger partial charge in [-0.25, -0.2) is 0 Å². The number of nitrogens with zero attached hydrogens (tertiary/aromatic N) is 1. The molecule has 7 bridgehead atoms. The second-order valence-electron chi connectivity index (χ2n) is 20.1. The Hall–Kier alpha value is -1.39. The summed E-state index contributed by atoms with van der Waals surface area (Å²) in [6.07, 6.45) is 10.9. The highest BCUT2D eigenvalue weighted by atomic mass is 32.2. The van der Waals surface area contributed by atoms with E-state index in [1.54, 1.807) is 0 Å². The van der Waals surface area contributed by atoms with E-state index < -0.39 is 59.4 Å². The normalized spacial score (nSPS) is 48.1. The van der Waals surface area contributed by atoms with Crippen LogP contribution >= 0.6 is 11.8 Å². The Bertz CT molecular complexity index is 1620. The molecule has 0 saturated carbocycles. The molecule has 12 nitrogen and oxygen atoms in total. The maximum atomic E-state index is 12.0. The molecule has 0 aromatic rings. The van der Waals surface area contributed by atoms with E-state index in [-0.39, 0.29) is 35.2 Å². The monoisotopic (exact) mass is 830 g/mol. The van der Waals surface area contributed by atoms with Crippen LogP contribution in [0.4, 0.5) is 0 Å². The quantitative estimate of drug-likeness (QED) is 0.284. The first-order chi connectivity index (χ1) is 27.5. The van der Waals surface area contributed by atoms with E-state index in [1.807, 2.05) is 6.92 Å². The largest absolute Gasteiger partial charge is 0.544 e. The molecule has 0 radical (unpaired) electrons. The number of rotatable bonds is 6. The summed E-state index contributed by atoms with van der Waals surface area (Å²) in [5.41, 5.74) is 5.40. The number of fused-ring (bicyclic) bond motifs is 6. The molecule has 6 fully saturated rings. The molecule has 0 aromatic carbocycles. The van der Waals surface area contributed by atoms with Crippen LogP contribution in [0.1, 0.15) is 130 Å². The summed E-state index contributed by atoms with van der Waals surface area (Å²) in [4.78, 5) is 16.8. The van der Waals surface area contributed by atoms with Crippen LogP contribution in [0.15, 0.2) is 28.8 Å². The first-order valence-corrected chi connectivity index (χ1v) is 23.7. The van der Waals surface area contributed by atoms with Crippen LogP contribution in [0.5, 0.6) is 0 Å². The number of quaternary nitrogens is 1. The molecule has 8 rings (SSSR count). The summed E-state index contributed by atoms with van der Waals surface area (Å²) in [6, 6.07) is -0.856. The highest BCUT2D eigenvalue weighted by Crippen LogP contribution is 2.59. The van der Waals surface area contributed by atoms with Crippen molar-refractivity contribution in [3.63, 3.8) is 0 Å². The lowest BCUT2D eigenvalue weighted by atomic mass is 9.57. The fourth-order valence-corrected chi connectivity index (χ4v) is 13.1. The number of thioether (sulfide) groups is 1. The van der Waals surface area contributed by atoms with Crippen molar-refractivity contribution in [2.24, 2.45) is 34.1 Å². The van der Waals surface area contributed by atoms with Crippen LogP contribution in [-0.2, 0) is 28.5 Å². The molecule has 7 heterocycles. The van der Waals surface area contributed by atoms with Gasteiger partial charge in [0.2, 0.25) is 5.79 Å². The third-order valence-corrected chi connectivity index (χ3v) is 17.0. The highest BCUT2D eigenvalue weighted by molar-refractivity contribution is 7.99. The molecule has 7 aliphatic heterocycles. The van der Waals surface area contributed by atoms with Gasteiger partial charge in [-0.15, -0.1) is 0 Å². The van der Waals surface area contributed by atoms with Gasteiger partial charge in [-0.05, 0) is 101 Å². The van der Waals surface area contributed by atoms with Crippen molar-refractivity contribution < 1.29 is 54.6 Å². The summed E-state index contributed by atoms with van der Waals surface area (Å²) in [5.74, 6) is -3.14. The van der Waals surface area contributed by atoms with Gasteiger partial charge in [-0.3, -0.25) is 4.99 Å². The minimum atomic E-state index is -1.19. The van der Waals surface area contributed by atoms with Crippen LogP contribution in [0.25, 0.3) is 0 Å². The average Bonchev–Trinajstić information content (AvgIpc) is 3.65. The van der Waals surface area contributed by atoms with Gasteiger partial charge in [0.25, 0.3) is 0 Å². The summed E-state index contributed by atoms with van der Waals surface area (Å²) in [5, 5.41) is 46.9. The second kappa shape index (κ2) is 16.4. The fraction of sp³-hybridized carbons (Fsp3) is 0.867. The molecule has 326 valence electrons. The van der Waals surface area contributed by atoms with Crippen LogP contribution in [0.3, 0.4) is 0 Å². The standard InChI is InChI=1S/C45H70N2O10S/c1-26-8-6-10-36-42(20-27(2)29(4)23-47-36)15-11-30(35(48)25-58-24-34(46)40(50)51)19-33(42)38-39-37(49)28(3)21-44(55-38,56-39)22-32-9-7-13-43(53-32)16-17-45(57-43)41(5,52)14-12-31(18-26)54-45/h19,27-29,31-35,37-39,48-49,52H,1,6-18,20-25,46H2,2-5H3,(H,50,51)/t27-,28+,29-,31-,32+,33+,34?,35?,37+,38-,39+,41+,42+,43+,44+,45+/m0/s1. The Morgan fingerprint density at radius 2 is 1.72 bits per heavy atom. The maximum absolute atomic E-state index is 12.0. The lowest BCUT2D eigenvalue weighted by Crippen LogP contribution is -2.69. The number of aliphatic hydroxyl groups excluding tert-OH is 2. The van der Waals surface area contributed by atoms with Crippen molar-refractivity contribution in [2.75, 3.05) is 18.1 Å². The van der Waals surface area contributed by atoms with Crippen LogP contribution in [0, 0.1) is 29.1 Å². The Morgan fingerprint density at radius 3 is 2.52 bits per heavy atom. The number of ether oxygens (including phenoxy) is 5. The molecule has 2 unspecified atom stereocenters. The lowest BCUT2D eigenvalue weighted by molar-refractivity contribution is -0.431. The maximum Gasteiger partial charge on any atom is 0.200 e. The summed E-state index contributed by atoms with van der Waals surface area (Å²) in [6.45, 7) is 13.9. The van der Waals surface area contributed by atoms with Crippen molar-refractivity contribution in [3.8, 4) is 0 Å². The highest BCUT2D eigenvalue weighted by Gasteiger charge is 2.66. The Morgan fingerprint density at radius 1 is 0.931 bits per heavy atom. The Kier molecular flexibility index (Phi) is 12.2. The molecule has 13 heteroatoms. The number of aliphatic imine (C=N–C) groups is 1. The summed E-state index contributed by atoms with van der Waals surface area (Å²) >= 11 is 1.38. The van der Waals surface area contributed by atoms with Crippen molar-refractivity contribution in [2.45, 2.75) is 196 Å². The zero-order valence-electron chi connectivity index (χ0n) is 35.3. The smallest absolute Gasteiger partial charge is 0.200 e. The number of aliphatic carboxylic acids is 1. The first kappa shape index (κ1) is 43.3. The molecular weight excluding hydrogens is 761 g/mol. The predicted molar refractivity (Wildman–Crippen MR) is 217 cm³/mol. The van der Waals surface area contributed by atoms with Crippen LogP contribution < -0.4 is 10.8 Å². The van der Waals surface area contributed by atoms with E-state index in [0.717, 1.165) is 75.5 Å².